The van der Waals surface area contributed by atoms with Gasteiger partial charge in [-0.05, 0) is 42.1 Å². The van der Waals surface area contributed by atoms with Crippen molar-refractivity contribution in [3.8, 4) is 0 Å². The van der Waals surface area contributed by atoms with Crippen molar-refractivity contribution in [3.05, 3.63) is 33.8 Å². The summed E-state index contributed by atoms with van der Waals surface area (Å²) in [5.41, 5.74) is 1.63. The summed E-state index contributed by atoms with van der Waals surface area (Å²) < 4.78 is 7.03. The highest BCUT2D eigenvalue weighted by atomic mass is 79.9. The van der Waals surface area contributed by atoms with Crippen molar-refractivity contribution in [1.29, 1.82) is 0 Å². The van der Waals surface area contributed by atoms with Gasteiger partial charge >= 0.3 is 0 Å². The molecule has 1 aromatic carbocycles. The summed E-state index contributed by atoms with van der Waals surface area (Å²) in [5, 5.41) is 9.42. The molecule has 4 heteroatoms. The predicted octanol–water partition coefficient (Wildman–Crippen LogP) is 4.03. The summed E-state index contributed by atoms with van der Waals surface area (Å²) in [6.07, 6.45) is 0. The fourth-order valence-corrected chi connectivity index (χ4v) is 2.65. The first-order valence-corrected chi connectivity index (χ1v) is 7.70. The second-order valence-corrected chi connectivity index (χ2v) is 8.79. The average Bonchev–Trinajstić information content (AvgIpc) is 2.25. The highest BCUT2D eigenvalue weighted by Gasteiger charge is 2.25. The van der Waals surface area contributed by atoms with Gasteiger partial charge in [0.1, 0.15) is 0 Å². The molecule has 0 heterocycles. The van der Waals surface area contributed by atoms with Crippen molar-refractivity contribution in [2.75, 3.05) is 0 Å². The molecule has 0 spiro atoms. The van der Waals surface area contributed by atoms with Crippen molar-refractivity contribution in [2.24, 2.45) is 0 Å². The van der Waals surface area contributed by atoms with Gasteiger partial charge in [-0.25, -0.2) is 0 Å². The van der Waals surface area contributed by atoms with Gasteiger partial charge in [-0.1, -0.05) is 42.8 Å². The van der Waals surface area contributed by atoms with Crippen molar-refractivity contribution < 1.29 is 9.53 Å². The number of hydrogen-bond acceptors (Lipinski definition) is 2. The molecule has 0 aliphatic rings. The van der Waals surface area contributed by atoms with Crippen molar-refractivity contribution >= 4 is 25.7 Å². The Labute approximate surface area is 121 Å². The lowest BCUT2D eigenvalue weighted by Crippen LogP contribution is -2.27. The van der Waals surface area contributed by atoms with Gasteiger partial charge in [-0.2, -0.15) is 0 Å². The van der Waals surface area contributed by atoms with E-state index in [4.69, 9.17) is 4.43 Å². The van der Waals surface area contributed by atoms with Gasteiger partial charge in [0.25, 0.3) is 0 Å². The van der Waals surface area contributed by atoms with Crippen LogP contribution in [0.2, 0.25) is 5.04 Å². The Bertz CT molecular complexity index is 411. The molecule has 2 nitrogen and oxygen atoms in total. The van der Waals surface area contributed by atoms with Crippen LogP contribution in [-0.2, 0) is 16.6 Å². The standard InChI is InChI=1S/C14H21BrO2Si/c1-13(2,3)18-17-14(4,5)11-6-10(9-16)7-12(15)8-11/h6-8,16H,9H2,1-5H3. The second kappa shape index (κ2) is 5.86. The van der Waals surface area contributed by atoms with E-state index in [1.165, 1.54) is 0 Å². The van der Waals surface area contributed by atoms with Crippen LogP contribution in [0.4, 0.5) is 0 Å². The minimum absolute atomic E-state index is 0.0457. The molecule has 1 rings (SSSR count). The normalized spacial score (nSPS) is 12.8. The molecular weight excluding hydrogens is 308 g/mol. The van der Waals surface area contributed by atoms with Crippen LogP contribution >= 0.6 is 15.9 Å². The fraction of sp³-hybridized carbons (Fsp3) is 0.571. The highest BCUT2D eigenvalue weighted by Crippen LogP contribution is 2.31. The first-order valence-electron chi connectivity index (χ1n) is 6.00. The monoisotopic (exact) mass is 328 g/mol. The third-order valence-electron chi connectivity index (χ3n) is 2.45. The maximum absolute atomic E-state index is 9.25. The number of halogens is 1. The van der Waals surface area contributed by atoms with E-state index in [0.717, 1.165) is 15.6 Å². The largest absolute Gasteiger partial charge is 0.408 e. The third kappa shape index (κ3) is 4.84. The molecular formula is C14H21BrO2Si. The lowest BCUT2D eigenvalue weighted by molar-refractivity contribution is 0.109. The Morgan fingerprint density at radius 3 is 2.28 bits per heavy atom. The zero-order chi connectivity index (χ0) is 14.0. The smallest absolute Gasteiger partial charge is 0.236 e. The van der Waals surface area contributed by atoms with E-state index in [1.807, 2.05) is 18.2 Å². The van der Waals surface area contributed by atoms with E-state index in [-0.39, 0.29) is 17.2 Å². The molecule has 0 fully saturated rings. The van der Waals surface area contributed by atoms with E-state index in [0.29, 0.717) is 9.76 Å². The number of aliphatic hydroxyl groups excluding tert-OH is 1. The molecule has 0 aliphatic carbocycles. The lowest BCUT2D eigenvalue weighted by Gasteiger charge is -2.30. The molecule has 0 bridgehead atoms. The molecule has 100 valence electrons. The van der Waals surface area contributed by atoms with Crippen LogP contribution in [-0.4, -0.2) is 14.9 Å². The van der Waals surface area contributed by atoms with Crippen molar-refractivity contribution in [2.45, 2.75) is 51.9 Å². The van der Waals surface area contributed by atoms with E-state index in [9.17, 15) is 5.11 Å². The topological polar surface area (TPSA) is 29.5 Å². The summed E-state index contributed by atoms with van der Waals surface area (Å²) in [7, 11) is 0.435. The van der Waals surface area contributed by atoms with Crippen LogP contribution in [0.25, 0.3) is 0 Å². The van der Waals surface area contributed by atoms with E-state index in [2.05, 4.69) is 50.5 Å². The number of aliphatic hydroxyl groups is 1. The van der Waals surface area contributed by atoms with E-state index < -0.39 is 0 Å². The molecule has 0 atom stereocenters. The molecule has 2 radical (unpaired) electrons. The average molecular weight is 329 g/mol. The summed E-state index contributed by atoms with van der Waals surface area (Å²) in [4.78, 5) is 0. The lowest BCUT2D eigenvalue weighted by atomic mass is 9.97. The quantitative estimate of drug-likeness (QED) is 0.845. The number of hydrogen-bond donors (Lipinski definition) is 1. The molecule has 0 aromatic heterocycles. The van der Waals surface area contributed by atoms with Crippen LogP contribution in [0.15, 0.2) is 22.7 Å². The van der Waals surface area contributed by atoms with Crippen molar-refractivity contribution in [1.82, 2.24) is 0 Å². The Kier molecular flexibility index (Phi) is 5.18. The van der Waals surface area contributed by atoms with Gasteiger partial charge in [0.15, 0.2) is 0 Å². The van der Waals surface area contributed by atoms with Crippen LogP contribution in [0, 0.1) is 0 Å². The zero-order valence-corrected chi connectivity index (χ0v) is 14.3. The van der Waals surface area contributed by atoms with Gasteiger partial charge in [0.2, 0.25) is 9.76 Å². The molecule has 0 saturated heterocycles. The molecule has 0 amide bonds. The van der Waals surface area contributed by atoms with Gasteiger partial charge in [-0.3, -0.25) is 0 Å². The van der Waals surface area contributed by atoms with E-state index in [1.54, 1.807) is 0 Å². The minimum atomic E-state index is -0.348. The SMILES string of the molecule is CC(C)(C)[Si]OC(C)(C)c1cc(Br)cc(CO)c1. The third-order valence-corrected chi connectivity index (χ3v) is 4.13. The zero-order valence-electron chi connectivity index (χ0n) is 11.7. The molecule has 0 unspecified atom stereocenters. The summed E-state index contributed by atoms with van der Waals surface area (Å²) in [5.74, 6) is 0. The van der Waals surface area contributed by atoms with Crippen LogP contribution in [0.1, 0.15) is 45.7 Å². The molecule has 0 saturated carbocycles. The van der Waals surface area contributed by atoms with Gasteiger partial charge in [0.05, 0.1) is 12.2 Å². The maximum atomic E-state index is 9.25. The molecule has 18 heavy (non-hydrogen) atoms. The first-order chi connectivity index (χ1) is 8.14. The number of rotatable bonds is 4. The second-order valence-electron chi connectivity index (χ2n) is 5.97. The molecule has 1 N–H and O–H groups in total. The van der Waals surface area contributed by atoms with Crippen LogP contribution in [0.3, 0.4) is 0 Å². The van der Waals surface area contributed by atoms with Gasteiger partial charge < -0.3 is 9.53 Å². The summed E-state index contributed by atoms with van der Waals surface area (Å²) >= 11 is 3.47. The molecule has 0 aliphatic heterocycles. The highest BCUT2D eigenvalue weighted by molar-refractivity contribution is 9.10. The van der Waals surface area contributed by atoms with Crippen LogP contribution < -0.4 is 0 Å². The Hall–Kier alpha value is -0.163. The Balaban J connectivity index is 2.93. The predicted molar refractivity (Wildman–Crippen MR) is 79.6 cm³/mol. The van der Waals surface area contributed by atoms with Crippen LogP contribution in [0.5, 0.6) is 0 Å². The van der Waals surface area contributed by atoms with E-state index >= 15 is 0 Å². The summed E-state index contributed by atoms with van der Waals surface area (Å²) in [6, 6.07) is 5.97. The Morgan fingerprint density at radius 1 is 1.17 bits per heavy atom. The fourth-order valence-electron chi connectivity index (χ4n) is 1.43. The van der Waals surface area contributed by atoms with Crippen molar-refractivity contribution in [3.63, 3.8) is 0 Å². The summed E-state index contributed by atoms with van der Waals surface area (Å²) in [6.45, 7) is 10.7. The molecule has 1 aromatic rings. The van der Waals surface area contributed by atoms with Gasteiger partial charge in [0, 0.05) is 4.47 Å². The first kappa shape index (κ1) is 15.9. The number of benzene rings is 1. The van der Waals surface area contributed by atoms with Gasteiger partial charge in [-0.15, -0.1) is 0 Å². The Morgan fingerprint density at radius 2 is 1.78 bits per heavy atom. The minimum Gasteiger partial charge on any atom is -0.408 e. The maximum Gasteiger partial charge on any atom is 0.236 e.